The molecule has 0 saturated carbocycles. The monoisotopic (exact) mass is 347 g/mol. The van der Waals surface area contributed by atoms with E-state index in [-0.39, 0.29) is 6.03 Å². The first kappa shape index (κ1) is 16.6. The number of urea groups is 1. The van der Waals surface area contributed by atoms with Gasteiger partial charge in [0.15, 0.2) is 0 Å². The van der Waals surface area contributed by atoms with E-state index in [0.29, 0.717) is 19.6 Å². The molecule has 0 atom stereocenters. The molecule has 6 nitrogen and oxygen atoms in total. The van der Waals surface area contributed by atoms with Gasteiger partial charge in [-0.05, 0) is 26.0 Å². The molecule has 1 saturated heterocycles. The third kappa shape index (κ3) is 3.48. The van der Waals surface area contributed by atoms with E-state index in [1.165, 1.54) is 0 Å². The molecule has 0 radical (unpaired) electrons. The smallest absolute Gasteiger partial charge is 0.317 e. The molecule has 1 fully saturated rings. The number of anilines is 1. The molecule has 2 amide bonds. The Morgan fingerprint density at radius 1 is 1.25 bits per heavy atom. The van der Waals surface area contributed by atoms with Crippen LogP contribution in [0.2, 0.25) is 5.02 Å². The van der Waals surface area contributed by atoms with E-state index < -0.39 is 0 Å². The fraction of sp³-hybridized carbons (Fsp3) is 0.412. The molecule has 7 heteroatoms. The van der Waals surface area contributed by atoms with Gasteiger partial charge in [0, 0.05) is 44.0 Å². The van der Waals surface area contributed by atoms with E-state index in [1.807, 2.05) is 43.0 Å². The third-order valence-electron chi connectivity index (χ3n) is 4.46. The van der Waals surface area contributed by atoms with Crippen molar-refractivity contribution in [1.82, 2.24) is 20.4 Å². The van der Waals surface area contributed by atoms with Crippen molar-refractivity contribution in [2.45, 2.75) is 20.4 Å². The van der Waals surface area contributed by atoms with E-state index in [9.17, 15) is 4.79 Å². The van der Waals surface area contributed by atoms with Gasteiger partial charge in [-0.15, -0.1) is 0 Å². The number of benzene rings is 1. The second kappa shape index (κ2) is 7.13. The van der Waals surface area contributed by atoms with Crippen molar-refractivity contribution < 1.29 is 4.79 Å². The van der Waals surface area contributed by atoms with Crippen LogP contribution < -0.4 is 10.2 Å². The minimum atomic E-state index is -0.0335. The van der Waals surface area contributed by atoms with Gasteiger partial charge < -0.3 is 15.1 Å². The maximum absolute atomic E-state index is 12.4. The van der Waals surface area contributed by atoms with Crippen LogP contribution in [0.25, 0.3) is 0 Å². The maximum atomic E-state index is 12.4. The Morgan fingerprint density at radius 2 is 1.96 bits per heavy atom. The predicted octanol–water partition coefficient (Wildman–Crippen LogP) is 2.71. The van der Waals surface area contributed by atoms with Crippen molar-refractivity contribution in [2.24, 2.45) is 0 Å². The number of carbonyl (C=O) groups is 1. The Kier molecular flexibility index (Phi) is 4.94. The first-order valence-electron chi connectivity index (χ1n) is 8.09. The number of H-pyrrole nitrogens is 1. The number of hydrogen-bond donors (Lipinski definition) is 2. The SMILES string of the molecule is Cc1n[nH]c(C)c1CNC(=O)N1CCN(c2ccccc2Cl)CC1. The van der Waals surface area contributed by atoms with Crippen LogP contribution in [0, 0.1) is 13.8 Å². The zero-order valence-corrected chi connectivity index (χ0v) is 14.7. The number of aromatic amines is 1. The number of para-hydroxylation sites is 1. The van der Waals surface area contributed by atoms with Crippen molar-refractivity contribution in [3.63, 3.8) is 0 Å². The molecule has 1 aliphatic heterocycles. The van der Waals surface area contributed by atoms with Crippen LogP contribution in [0.15, 0.2) is 24.3 Å². The lowest BCUT2D eigenvalue weighted by Gasteiger charge is -2.36. The number of nitrogens with one attached hydrogen (secondary N) is 2. The molecule has 2 N–H and O–H groups in total. The maximum Gasteiger partial charge on any atom is 0.317 e. The summed E-state index contributed by atoms with van der Waals surface area (Å²) in [6, 6.07) is 7.79. The molecule has 2 aromatic rings. The number of hydrogen-bond acceptors (Lipinski definition) is 3. The van der Waals surface area contributed by atoms with Gasteiger partial charge >= 0.3 is 6.03 Å². The van der Waals surface area contributed by atoms with E-state index >= 15 is 0 Å². The first-order valence-corrected chi connectivity index (χ1v) is 8.46. The number of rotatable bonds is 3. The molecular formula is C17H22ClN5O. The number of aryl methyl sites for hydroxylation is 2. The Balaban J connectivity index is 1.53. The van der Waals surface area contributed by atoms with Crippen molar-refractivity contribution in [1.29, 1.82) is 0 Å². The number of carbonyl (C=O) groups excluding carboxylic acids is 1. The summed E-state index contributed by atoms with van der Waals surface area (Å²) in [5, 5.41) is 10.8. The molecule has 1 aromatic heterocycles. The Morgan fingerprint density at radius 3 is 2.58 bits per heavy atom. The molecule has 0 spiro atoms. The van der Waals surface area contributed by atoms with E-state index in [4.69, 9.17) is 11.6 Å². The number of piperazine rings is 1. The van der Waals surface area contributed by atoms with Crippen molar-refractivity contribution in [3.8, 4) is 0 Å². The molecule has 1 aromatic carbocycles. The van der Waals surface area contributed by atoms with Crippen molar-refractivity contribution in [2.75, 3.05) is 31.1 Å². The fourth-order valence-corrected chi connectivity index (χ4v) is 3.22. The van der Waals surface area contributed by atoms with Crippen LogP contribution in [0.3, 0.4) is 0 Å². The predicted molar refractivity (Wildman–Crippen MR) is 95.5 cm³/mol. The second-order valence-electron chi connectivity index (χ2n) is 6.00. The largest absolute Gasteiger partial charge is 0.367 e. The summed E-state index contributed by atoms with van der Waals surface area (Å²) in [7, 11) is 0. The van der Waals surface area contributed by atoms with Crippen molar-refractivity contribution >= 4 is 23.3 Å². The summed E-state index contributed by atoms with van der Waals surface area (Å²) in [5.74, 6) is 0. The van der Waals surface area contributed by atoms with Crippen molar-refractivity contribution in [3.05, 3.63) is 46.2 Å². The highest BCUT2D eigenvalue weighted by molar-refractivity contribution is 6.33. The van der Waals surface area contributed by atoms with Crippen LogP contribution in [-0.4, -0.2) is 47.3 Å². The molecule has 0 aliphatic carbocycles. The van der Waals surface area contributed by atoms with Gasteiger partial charge in [-0.3, -0.25) is 5.10 Å². The molecule has 0 bridgehead atoms. The molecule has 3 rings (SSSR count). The molecule has 0 unspecified atom stereocenters. The van der Waals surface area contributed by atoms with Crippen LogP contribution >= 0.6 is 11.6 Å². The van der Waals surface area contributed by atoms with Crippen LogP contribution in [-0.2, 0) is 6.54 Å². The lowest BCUT2D eigenvalue weighted by molar-refractivity contribution is 0.194. The van der Waals surface area contributed by atoms with Crippen LogP contribution in [0.4, 0.5) is 10.5 Å². The Bertz CT molecular complexity index is 702. The van der Waals surface area contributed by atoms with Gasteiger partial charge in [-0.1, -0.05) is 23.7 Å². The quantitative estimate of drug-likeness (QED) is 0.897. The van der Waals surface area contributed by atoms with Gasteiger partial charge in [-0.2, -0.15) is 5.10 Å². The number of amides is 2. The van der Waals surface area contributed by atoms with Crippen LogP contribution in [0.5, 0.6) is 0 Å². The minimum Gasteiger partial charge on any atom is -0.367 e. The average molecular weight is 348 g/mol. The van der Waals surface area contributed by atoms with E-state index in [0.717, 1.165) is 40.8 Å². The highest BCUT2D eigenvalue weighted by Crippen LogP contribution is 2.26. The van der Waals surface area contributed by atoms with E-state index in [1.54, 1.807) is 0 Å². The fourth-order valence-electron chi connectivity index (χ4n) is 2.97. The van der Waals surface area contributed by atoms with Gasteiger partial charge in [0.25, 0.3) is 0 Å². The topological polar surface area (TPSA) is 64.3 Å². The standard InChI is InChI=1S/C17H22ClN5O/c1-12-14(13(2)21-20-12)11-19-17(24)23-9-7-22(8-10-23)16-6-4-3-5-15(16)18/h3-6H,7-11H2,1-2H3,(H,19,24)(H,20,21). The normalized spacial score (nSPS) is 14.8. The summed E-state index contributed by atoms with van der Waals surface area (Å²) < 4.78 is 0. The molecular weight excluding hydrogens is 326 g/mol. The molecule has 128 valence electrons. The number of aromatic nitrogens is 2. The number of halogens is 1. The average Bonchev–Trinajstić information content (AvgIpc) is 2.91. The molecule has 1 aliphatic rings. The van der Waals surface area contributed by atoms with Gasteiger partial charge in [0.05, 0.1) is 16.4 Å². The minimum absolute atomic E-state index is 0.0335. The highest BCUT2D eigenvalue weighted by atomic mass is 35.5. The lowest BCUT2D eigenvalue weighted by Crippen LogP contribution is -2.51. The van der Waals surface area contributed by atoms with Gasteiger partial charge in [0.1, 0.15) is 0 Å². The second-order valence-corrected chi connectivity index (χ2v) is 6.40. The summed E-state index contributed by atoms with van der Waals surface area (Å²) in [6.07, 6.45) is 0. The lowest BCUT2D eigenvalue weighted by atomic mass is 10.2. The summed E-state index contributed by atoms with van der Waals surface area (Å²) in [5.41, 5.74) is 4.01. The molecule has 24 heavy (non-hydrogen) atoms. The summed E-state index contributed by atoms with van der Waals surface area (Å²) >= 11 is 6.25. The first-order chi connectivity index (χ1) is 11.6. The zero-order chi connectivity index (χ0) is 17.1. The van der Waals surface area contributed by atoms with E-state index in [2.05, 4.69) is 20.4 Å². The number of nitrogens with zero attached hydrogens (tertiary/aromatic N) is 3. The van der Waals surface area contributed by atoms with Gasteiger partial charge in [-0.25, -0.2) is 4.79 Å². The summed E-state index contributed by atoms with van der Waals surface area (Å²) in [6.45, 7) is 7.32. The Labute approximate surface area is 146 Å². The van der Waals surface area contributed by atoms with Crippen LogP contribution in [0.1, 0.15) is 17.0 Å². The zero-order valence-electron chi connectivity index (χ0n) is 14.0. The summed E-state index contributed by atoms with van der Waals surface area (Å²) in [4.78, 5) is 16.4. The molecule has 2 heterocycles. The third-order valence-corrected chi connectivity index (χ3v) is 4.78. The van der Waals surface area contributed by atoms with Gasteiger partial charge in [0.2, 0.25) is 0 Å². The Hall–Kier alpha value is -2.21. The highest BCUT2D eigenvalue weighted by Gasteiger charge is 2.22.